The van der Waals surface area contributed by atoms with Gasteiger partial charge in [-0.2, -0.15) is 0 Å². The zero-order chi connectivity index (χ0) is 17.2. The van der Waals surface area contributed by atoms with Crippen LogP contribution in [0.2, 0.25) is 0 Å². The lowest BCUT2D eigenvalue weighted by atomic mass is 9.77. The summed E-state index contributed by atoms with van der Waals surface area (Å²) in [6, 6.07) is 12.2. The van der Waals surface area contributed by atoms with Crippen LogP contribution in [0.25, 0.3) is 0 Å². The van der Waals surface area contributed by atoms with Crippen molar-refractivity contribution in [2.24, 2.45) is 0 Å². The molecule has 2 aromatic rings. The van der Waals surface area contributed by atoms with Gasteiger partial charge in [0.05, 0.1) is 18.2 Å². The van der Waals surface area contributed by atoms with Crippen molar-refractivity contribution in [2.75, 3.05) is 12.4 Å². The van der Waals surface area contributed by atoms with Crippen molar-refractivity contribution in [1.82, 2.24) is 0 Å². The summed E-state index contributed by atoms with van der Waals surface area (Å²) in [5, 5.41) is 2.98. The highest BCUT2D eigenvalue weighted by atomic mass is 19.1. The van der Waals surface area contributed by atoms with Gasteiger partial charge in [0.15, 0.2) is 0 Å². The van der Waals surface area contributed by atoms with Crippen LogP contribution in [0, 0.1) is 12.7 Å². The van der Waals surface area contributed by atoms with E-state index in [1.54, 1.807) is 25.3 Å². The van der Waals surface area contributed by atoms with Crippen LogP contribution in [-0.2, 0) is 10.2 Å². The number of hydrogen-bond donors (Lipinski definition) is 1. The largest absolute Gasteiger partial charge is 0.495 e. The summed E-state index contributed by atoms with van der Waals surface area (Å²) in [6.45, 7) is 1.96. The van der Waals surface area contributed by atoms with Gasteiger partial charge in [-0.1, -0.05) is 37.1 Å². The lowest BCUT2D eigenvalue weighted by Gasteiger charge is -2.29. The topological polar surface area (TPSA) is 38.3 Å². The average molecular weight is 327 g/mol. The molecular weight excluding hydrogens is 305 g/mol. The molecule has 1 aliphatic rings. The number of aryl methyl sites for hydroxylation is 1. The molecule has 2 aromatic carbocycles. The van der Waals surface area contributed by atoms with Crippen molar-refractivity contribution in [3.8, 4) is 5.75 Å². The molecule has 3 nitrogen and oxygen atoms in total. The van der Waals surface area contributed by atoms with Gasteiger partial charge in [-0.25, -0.2) is 4.39 Å². The molecule has 1 fully saturated rings. The van der Waals surface area contributed by atoms with E-state index >= 15 is 0 Å². The Morgan fingerprint density at radius 1 is 1.17 bits per heavy atom. The van der Waals surface area contributed by atoms with Crippen LogP contribution in [0.3, 0.4) is 0 Å². The van der Waals surface area contributed by atoms with Gasteiger partial charge in [0.2, 0.25) is 5.91 Å². The van der Waals surface area contributed by atoms with Crippen LogP contribution < -0.4 is 10.1 Å². The molecule has 0 heterocycles. The molecule has 0 unspecified atom stereocenters. The molecule has 0 aromatic heterocycles. The summed E-state index contributed by atoms with van der Waals surface area (Å²) in [4.78, 5) is 13.1. The van der Waals surface area contributed by atoms with Gasteiger partial charge in [0, 0.05) is 5.56 Å². The second kappa shape index (κ2) is 6.63. The third-order valence-corrected chi connectivity index (χ3v) is 4.88. The molecule has 4 heteroatoms. The number of carbonyl (C=O) groups excluding carboxylic acids is 1. The van der Waals surface area contributed by atoms with Gasteiger partial charge in [-0.3, -0.25) is 4.79 Å². The molecule has 0 atom stereocenters. The number of nitrogens with one attached hydrogen (secondary N) is 1. The van der Waals surface area contributed by atoms with E-state index in [-0.39, 0.29) is 11.7 Å². The zero-order valence-corrected chi connectivity index (χ0v) is 14.1. The fraction of sp³-hybridized carbons (Fsp3) is 0.350. The molecule has 0 radical (unpaired) electrons. The molecule has 0 bridgehead atoms. The first kappa shape index (κ1) is 16.5. The Morgan fingerprint density at radius 2 is 1.88 bits per heavy atom. The molecule has 1 saturated carbocycles. The number of rotatable bonds is 4. The maximum atomic E-state index is 14.4. The summed E-state index contributed by atoms with van der Waals surface area (Å²) in [6.07, 6.45) is 3.17. The first-order valence-electron chi connectivity index (χ1n) is 8.28. The highest BCUT2D eigenvalue weighted by Gasteiger charge is 2.44. The van der Waals surface area contributed by atoms with Crippen molar-refractivity contribution in [3.05, 3.63) is 59.4 Å². The minimum atomic E-state index is -0.805. The van der Waals surface area contributed by atoms with Gasteiger partial charge in [-0.15, -0.1) is 0 Å². The van der Waals surface area contributed by atoms with Crippen LogP contribution in [-0.4, -0.2) is 13.0 Å². The van der Waals surface area contributed by atoms with Gasteiger partial charge in [0.25, 0.3) is 0 Å². The van der Waals surface area contributed by atoms with Gasteiger partial charge < -0.3 is 10.1 Å². The fourth-order valence-electron chi connectivity index (χ4n) is 3.61. The average Bonchev–Trinajstić information content (AvgIpc) is 3.06. The van der Waals surface area contributed by atoms with Crippen molar-refractivity contribution < 1.29 is 13.9 Å². The van der Waals surface area contributed by atoms with Gasteiger partial charge >= 0.3 is 0 Å². The maximum absolute atomic E-state index is 14.4. The van der Waals surface area contributed by atoms with E-state index in [0.717, 1.165) is 18.4 Å². The van der Waals surface area contributed by atoms with Crippen LogP contribution >= 0.6 is 0 Å². The van der Waals surface area contributed by atoms with E-state index in [0.29, 0.717) is 29.8 Å². The Hall–Kier alpha value is -2.36. The molecule has 0 aliphatic heterocycles. The first-order valence-corrected chi connectivity index (χ1v) is 8.28. The Balaban J connectivity index is 1.97. The van der Waals surface area contributed by atoms with Gasteiger partial charge in [0.1, 0.15) is 11.6 Å². The monoisotopic (exact) mass is 327 g/mol. The summed E-state index contributed by atoms with van der Waals surface area (Å²) >= 11 is 0. The molecule has 24 heavy (non-hydrogen) atoms. The standard InChI is InChI=1S/C20H22FNO2/c1-14-9-10-18(24-2)17(13-14)22-19(23)20(11-5-6-12-20)15-7-3-4-8-16(15)21/h3-4,7-10,13H,5-6,11-12H2,1-2H3,(H,22,23). The van der Waals surface area contributed by atoms with E-state index in [1.165, 1.54) is 6.07 Å². The fourth-order valence-corrected chi connectivity index (χ4v) is 3.61. The number of methoxy groups -OCH3 is 1. The summed E-state index contributed by atoms with van der Waals surface area (Å²) in [5.74, 6) is 0.135. The summed E-state index contributed by atoms with van der Waals surface area (Å²) < 4.78 is 19.7. The number of ether oxygens (including phenoxy) is 1. The number of hydrogen-bond acceptors (Lipinski definition) is 2. The predicted molar refractivity (Wildman–Crippen MR) is 92.9 cm³/mol. The van der Waals surface area contributed by atoms with E-state index in [9.17, 15) is 9.18 Å². The second-order valence-corrected chi connectivity index (χ2v) is 6.43. The quantitative estimate of drug-likeness (QED) is 0.892. The van der Waals surface area contributed by atoms with E-state index < -0.39 is 5.41 Å². The number of anilines is 1. The van der Waals surface area contributed by atoms with E-state index in [4.69, 9.17) is 4.74 Å². The predicted octanol–water partition coefficient (Wildman–Crippen LogP) is 4.59. The van der Waals surface area contributed by atoms with Crippen LogP contribution in [0.1, 0.15) is 36.8 Å². The van der Waals surface area contributed by atoms with Crippen LogP contribution in [0.5, 0.6) is 5.75 Å². The van der Waals surface area contributed by atoms with Crippen molar-refractivity contribution in [1.29, 1.82) is 0 Å². The second-order valence-electron chi connectivity index (χ2n) is 6.43. The lowest BCUT2D eigenvalue weighted by Crippen LogP contribution is -2.38. The molecule has 0 spiro atoms. The van der Waals surface area contributed by atoms with Crippen molar-refractivity contribution in [2.45, 2.75) is 38.0 Å². The Kier molecular flexibility index (Phi) is 4.56. The minimum absolute atomic E-state index is 0.158. The third-order valence-electron chi connectivity index (χ3n) is 4.88. The highest BCUT2D eigenvalue weighted by Crippen LogP contribution is 2.43. The molecular formula is C20H22FNO2. The number of benzene rings is 2. The van der Waals surface area contributed by atoms with Gasteiger partial charge in [-0.05, 0) is 43.5 Å². The molecule has 0 saturated heterocycles. The third kappa shape index (κ3) is 2.88. The maximum Gasteiger partial charge on any atom is 0.235 e. The van der Waals surface area contributed by atoms with E-state index in [1.807, 2.05) is 25.1 Å². The number of carbonyl (C=O) groups is 1. The first-order chi connectivity index (χ1) is 11.6. The molecule has 3 rings (SSSR count). The Bertz CT molecular complexity index is 751. The van der Waals surface area contributed by atoms with Crippen molar-refractivity contribution in [3.63, 3.8) is 0 Å². The van der Waals surface area contributed by atoms with Crippen LogP contribution in [0.4, 0.5) is 10.1 Å². The Morgan fingerprint density at radius 3 is 2.54 bits per heavy atom. The van der Waals surface area contributed by atoms with E-state index in [2.05, 4.69) is 5.32 Å². The SMILES string of the molecule is COc1ccc(C)cc1NC(=O)C1(c2ccccc2F)CCCC1. The Labute approximate surface area is 141 Å². The molecule has 126 valence electrons. The molecule has 1 amide bonds. The number of halogens is 1. The minimum Gasteiger partial charge on any atom is -0.495 e. The summed E-state index contributed by atoms with van der Waals surface area (Å²) in [7, 11) is 1.57. The lowest BCUT2D eigenvalue weighted by molar-refractivity contribution is -0.121. The van der Waals surface area contributed by atoms with Crippen LogP contribution in [0.15, 0.2) is 42.5 Å². The van der Waals surface area contributed by atoms with Crippen molar-refractivity contribution >= 4 is 11.6 Å². The molecule has 1 aliphatic carbocycles. The summed E-state index contributed by atoms with van der Waals surface area (Å²) in [5.41, 5.74) is 1.34. The zero-order valence-electron chi connectivity index (χ0n) is 14.1. The number of amides is 1. The molecule has 1 N–H and O–H groups in total. The highest BCUT2D eigenvalue weighted by molar-refractivity contribution is 6.00. The smallest absolute Gasteiger partial charge is 0.235 e. The normalized spacial score (nSPS) is 16.0.